The van der Waals surface area contributed by atoms with Crippen molar-refractivity contribution in [2.75, 3.05) is 0 Å². The van der Waals surface area contributed by atoms with Gasteiger partial charge in [-0.25, -0.2) is 9.59 Å². The number of nitriles is 1. The molecule has 4 atom stereocenters. The molecule has 82 valence electrons. The zero-order valence-corrected chi connectivity index (χ0v) is 7.23. The van der Waals surface area contributed by atoms with Gasteiger partial charge in [0.1, 0.15) is 6.10 Å². The minimum Gasteiger partial charge on any atom is -0.454 e. The lowest BCUT2D eigenvalue weighted by Gasteiger charge is -2.16. The number of rotatable bonds is 2. The van der Waals surface area contributed by atoms with Gasteiger partial charge in [-0.05, 0) is 0 Å². The van der Waals surface area contributed by atoms with E-state index in [4.69, 9.17) is 15.5 Å². The molecule has 1 rings (SSSR count). The number of esters is 2. The molecule has 8 nitrogen and oxygen atoms in total. The molecule has 1 aliphatic rings. The van der Waals surface area contributed by atoms with E-state index < -0.39 is 36.4 Å². The van der Waals surface area contributed by atoms with Gasteiger partial charge in [0.05, 0.1) is 0 Å². The summed E-state index contributed by atoms with van der Waals surface area (Å²) in [5.41, 5.74) is 0. The van der Waals surface area contributed by atoms with Crippen molar-refractivity contribution in [3.05, 3.63) is 0 Å². The highest BCUT2D eigenvalue weighted by molar-refractivity contribution is 5.81. The second-order valence-electron chi connectivity index (χ2n) is 2.79. The number of carbonyl (C=O) groups excluding carboxylic acids is 2. The highest BCUT2D eigenvalue weighted by Crippen LogP contribution is 2.19. The van der Waals surface area contributed by atoms with Crippen LogP contribution in [0.1, 0.15) is 0 Å². The Morgan fingerprint density at radius 1 is 1.60 bits per heavy atom. The number of aliphatic hydroxyl groups is 3. The molecule has 8 heteroatoms. The summed E-state index contributed by atoms with van der Waals surface area (Å²) in [6, 6.07) is 0. The number of cyclic esters (lactones) is 1. The predicted molar refractivity (Wildman–Crippen MR) is 39.6 cm³/mol. The first kappa shape index (κ1) is 11.4. The molecule has 1 fully saturated rings. The third kappa shape index (κ3) is 2.04. The molecule has 0 spiro atoms. The summed E-state index contributed by atoms with van der Waals surface area (Å²) in [4.78, 5) is 21.5. The summed E-state index contributed by atoms with van der Waals surface area (Å²) < 4.78 is 8.08. The molecule has 0 aliphatic carbocycles. The van der Waals surface area contributed by atoms with Gasteiger partial charge in [-0.1, -0.05) is 0 Å². The van der Waals surface area contributed by atoms with Crippen molar-refractivity contribution in [2.24, 2.45) is 0 Å². The molecule has 0 saturated carbocycles. The molecular formula is C7H7NO7. The van der Waals surface area contributed by atoms with E-state index in [-0.39, 0.29) is 0 Å². The first-order valence-electron chi connectivity index (χ1n) is 3.83. The Balaban J connectivity index is 2.70. The van der Waals surface area contributed by atoms with Gasteiger partial charge in [0.25, 0.3) is 6.26 Å². The van der Waals surface area contributed by atoms with Crippen LogP contribution in [0, 0.1) is 11.5 Å². The third-order valence-corrected chi connectivity index (χ3v) is 1.85. The molecule has 0 aromatic rings. The standard InChI is InChI=1S/C7H7NO7/c8-1-14-6(12)4(11)5-2(9)3(10)7(13)15-5/h2-5,9-11H/t2-,3+,4-,5+/m1/s1. The first-order chi connectivity index (χ1) is 6.99. The van der Waals surface area contributed by atoms with Crippen molar-refractivity contribution >= 4 is 11.9 Å². The molecule has 1 saturated heterocycles. The number of hydrogen-bond acceptors (Lipinski definition) is 8. The Labute approximate surface area is 83.2 Å². The van der Waals surface area contributed by atoms with Crippen LogP contribution in [0.4, 0.5) is 0 Å². The van der Waals surface area contributed by atoms with Crippen LogP contribution in [0.5, 0.6) is 0 Å². The maximum atomic E-state index is 10.8. The summed E-state index contributed by atoms with van der Waals surface area (Å²) in [5.74, 6) is -2.53. The highest BCUT2D eigenvalue weighted by atomic mass is 16.6. The van der Waals surface area contributed by atoms with Crippen molar-refractivity contribution in [3.8, 4) is 6.26 Å². The summed E-state index contributed by atoms with van der Waals surface area (Å²) in [6.07, 6.45) is -6.19. The topological polar surface area (TPSA) is 137 Å². The average Bonchev–Trinajstić information content (AvgIpc) is 2.45. The maximum Gasteiger partial charge on any atom is 0.354 e. The van der Waals surface area contributed by atoms with Crippen LogP contribution in [0.2, 0.25) is 0 Å². The zero-order valence-electron chi connectivity index (χ0n) is 7.23. The van der Waals surface area contributed by atoms with E-state index in [0.29, 0.717) is 0 Å². The summed E-state index contributed by atoms with van der Waals surface area (Å²) in [5, 5.41) is 35.3. The SMILES string of the molecule is N#COC(=O)[C@H](O)[C@H]1OC(=O)[C@@H](O)[C@H]1O. The molecule has 0 unspecified atom stereocenters. The van der Waals surface area contributed by atoms with Gasteiger partial charge < -0.3 is 24.8 Å². The van der Waals surface area contributed by atoms with Crippen LogP contribution in [-0.2, 0) is 19.1 Å². The third-order valence-electron chi connectivity index (χ3n) is 1.85. The van der Waals surface area contributed by atoms with E-state index >= 15 is 0 Å². The van der Waals surface area contributed by atoms with E-state index in [1.807, 2.05) is 0 Å². The molecule has 15 heavy (non-hydrogen) atoms. The second kappa shape index (κ2) is 4.22. The average molecular weight is 217 g/mol. The molecule has 1 heterocycles. The van der Waals surface area contributed by atoms with Gasteiger partial charge in [-0.3, -0.25) is 0 Å². The lowest BCUT2D eigenvalue weighted by Crippen LogP contribution is -2.43. The van der Waals surface area contributed by atoms with Gasteiger partial charge >= 0.3 is 11.9 Å². The minimum absolute atomic E-state index is 1.01. The molecule has 0 aromatic carbocycles. The van der Waals surface area contributed by atoms with Crippen molar-refractivity contribution in [3.63, 3.8) is 0 Å². The summed E-state index contributed by atoms with van der Waals surface area (Å²) in [6.45, 7) is 0. The maximum absolute atomic E-state index is 10.8. The second-order valence-corrected chi connectivity index (χ2v) is 2.79. The van der Waals surface area contributed by atoms with Gasteiger partial charge in [0.15, 0.2) is 18.3 Å². The molecule has 0 radical (unpaired) electrons. The van der Waals surface area contributed by atoms with E-state index in [9.17, 15) is 14.7 Å². The number of ether oxygens (including phenoxy) is 2. The minimum atomic E-state index is -2.01. The largest absolute Gasteiger partial charge is 0.454 e. The zero-order chi connectivity index (χ0) is 11.6. The number of aliphatic hydroxyl groups excluding tert-OH is 3. The van der Waals surface area contributed by atoms with E-state index in [0.717, 1.165) is 6.26 Å². The molecule has 0 bridgehead atoms. The monoisotopic (exact) mass is 217 g/mol. The lowest BCUT2D eigenvalue weighted by atomic mass is 10.1. The molecule has 1 aliphatic heterocycles. The first-order valence-corrected chi connectivity index (χ1v) is 3.83. The van der Waals surface area contributed by atoms with Crippen molar-refractivity contribution in [1.29, 1.82) is 5.26 Å². The number of hydrogen-bond donors (Lipinski definition) is 3. The molecule has 0 aromatic heterocycles. The number of carbonyl (C=O) groups is 2. The molecule has 3 N–H and O–H groups in total. The predicted octanol–water partition coefficient (Wildman–Crippen LogP) is -2.98. The fraction of sp³-hybridized carbons (Fsp3) is 0.571. The molecular weight excluding hydrogens is 210 g/mol. The van der Waals surface area contributed by atoms with Gasteiger partial charge in [0, 0.05) is 0 Å². The van der Waals surface area contributed by atoms with E-state index in [1.54, 1.807) is 0 Å². The number of nitrogens with zero attached hydrogens (tertiary/aromatic N) is 1. The Morgan fingerprint density at radius 2 is 2.20 bits per heavy atom. The smallest absolute Gasteiger partial charge is 0.354 e. The summed E-state index contributed by atoms with van der Waals surface area (Å²) >= 11 is 0. The van der Waals surface area contributed by atoms with Crippen molar-refractivity contribution in [2.45, 2.75) is 24.4 Å². The normalized spacial score (nSPS) is 31.6. The Hall–Kier alpha value is -1.69. The van der Waals surface area contributed by atoms with Crippen molar-refractivity contribution < 1.29 is 34.4 Å². The quantitative estimate of drug-likeness (QED) is 0.329. The van der Waals surface area contributed by atoms with Crippen LogP contribution in [-0.4, -0.2) is 51.7 Å². The summed E-state index contributed by atoms with van der Waals surface area (Å²) in [7, 11) is 0. The van der Waals surface area contributed by atoms with Crippen LogP contribution in [0.15, 0.2) is 0 Å². The van der Waals surface area contributed by atoms with Gasteiger partial charge in [-0.15, -0.1) is 5.26 Å². The lowest BCUT2D eigenvalue weighted by molar-refractivity contribution is -0.161. The van der Waals surface area contributed by atoms with E-state index in [2.05, 4.69) is 9.47 Å². The van der Waals surface area contributed by atoms with Gasteiger partial charge in [0.2, 0.25) is 0 Å². The van der Waals surface area contributed by atoms with E-state index in [1.165, 1.54) is 0 Å². The van der Waals surface area contributed by atoms with Gasteiger partial charge in [-0.2, -0.15) is 0 Å². The fourth-order valence-electron chi connectivity index (χ4n) is 1.08. The Bertz CT molecular complexity index is 322. The van der Waals surface area contributed by atoms with Crippen molar-refractivity contribution in [1.82, 2.24) is 0 Å². The van der Waals surface area contributed by atoms with Crippen LogP contribution < -0.4 is 0 Å². The Kier molecular flexibility index (Phi) is 3.21. The fourth-order valence-corrected chi connectivity index (χ4v) is 1.08. The van der Waals surface area contributed by atoms with Crippen LogP contribution in [0.3, 0.4) is 0 Å². The Morgan fingerprint density at radius 3 is 2.60 bits per heavy atom. The van der Waals surface area contributed by atoms with Crippen LogP contribution >= 0.6 is 0 Å². The highest BCUT2D eigenvalue weighted by Gasteiger charge is 2.48. The molecule has 0 amide bonds. The van der Waals surface area contributed by atoms with Crippen LogP contribution in [0.25, 0.3) is 0 Å².